The van der Waals surface area contributed by atoms with Crippen molar-refractivity contribution in [3.8, 4) is 0 Å². The van der Waals surface area contributed by atoms with E-state index in [-0.39, 0.29) is 17.1 Å². The van der Waals surface area contributed by atoms with E-state index in [9.17, 15) is 13.9 Å². The van der Waals surface area contributed by atoms with Crippen LogP contribution in [0.2, 0.25) is 0 Å². The lowest BCUT2D eigenvalue weighted by Gasteiger charge is -2.25. The van der Waals surface area contributed by atoms with Gasteiger partial charge in [0.2, 0.25) is 5.95 Å². The highest BCUT2D eigenvalue weighted by Gasteiger charge is 2.25. The maximum atomic E-state index is 12.4. The second kappa shape index (κ2) is 7.40. The Morgan fingerprint density at radius 3 is 2.82 bits per heavy atom. The Bertz CT molecular complexity index is 1080. The maximum Gasteiger partial charge on any atom is 0.261 e. The number of pyridine rings is 1. The molecular formula is C18H22N6O3S. The van der Waals surface area contributed by atoms with Crippen molar-refractivity contribution in [2.75, 3.05) is 23.7 Å². The van der Waals surface area contributed by atoms with E-state index in [1.54, 1.807) is 12.3 Å². The van der Waals surface area contributed by atoms with Gasteiger partial charge in [-0.05, 0) is 42.3 Å². The van der Waals surface area contributed by atoms with E-state index in [4.69, 9.17) is 5.73 Å². The van der Waals surface area contributed by atoms with E-state index in [1.165, 1.54) is 0 Å². The van der Waals surface area contributed by atoms with Gasteiger partial charge in [0.15, 0.2) is 0 Å². The van der Waals surface area contributed by atoms with Crippen molar-refractivity contribution >= 4 is 38.9 Å². The van der Waals surface area contributed by atoms with E-state index in [0.717, 1.165) is 17.5 Å². The van der Waals surface area contributed by atoms with Gasteiger partial charge in [-0.15, -0.1) is 0 Å². The number of fused-ring (bicyclic) bond motifs is 2. The average molecular weight is 402 g/mol. The molecule has 0 radical (unpaired) electrons. The van der Waals surface area contributed by atoms with Crippen molar-refractivity contribution in [3.05, 3.63) is 51.9 Å². The number of aromatic amines is 1. The molecule has 10 heteroatoms. The lowest BCUT2D eigenvalue weighted by Crippen LogP contribution is -2.14. The number of nitrogens with two attached hydrogens (primary N) is 1. The Morgan fingerprint density at radius 2 is 2.00 bits per heavy atom. The highest BCUT2D eigenvalue weighted by atomic mass is 32.3. The van der Waals surface area contributed by atoms with Crippen LogP contribution >= 0.6 is 10.6 Å². The van der Waals surface area contributed by atoms with E-state index in [2.05, 4.69) is 25.6 Å². The van der Waals surface area contributed by atoms with Crippen molar-refractivity contribution in [1.82, 2.24) is 15.0 Å². The molecule has 1 aromatic carbocycles. The molecular weight excluding hydrogens is 380 g/mol. The molecule has 0 unspecified atom stereocenters. The van der Waals surface area contributed by atoms with Crippen molar-refractivity contribution < 1.29 is 9.11 Å². The number of nitrogens with one attached hydrogen (secondary N) is 3. The van der Waals surface area contributed by atoms with E-state index in [1.807, 2.05) is 18.2 Å². The van der Waals surface area contributed by atoms with E-state index in [0.29, 0.717) is 41.4 Å². The number of hydrogen-bond acceptors (Lipinski definition) is 8. The second-order valence-corrected chi connectivity index (χ2v) is 8.91. The van der Waals surface area contributed by atoms with Gasteiger partial charge in [0.1, 0.15) is 11.2 Å². The number of H-pyrrole nitrogens is 1. The van der Waals surface area contributed by atoms with Crippen LogP contribution in [0.25, 0.3) is 10.9 Å². The van der Waals surface area contributed by atoms with Crippen LogP contribution in [-0.4, -0.2) is 37.1 Å². The molecule has 3 aromatic rings. The Morgan fingerprint density at radius 1 is 1.18 bits per heavy atom. The van der Waals surface area contributed by atoms with Gasteiger partial charge in [0, 0.05) is 18.4 Å². The molecule has 0 saturated heterocycles. The summed E-state index contributed by atoms with van der Waals surface area (Å²) in [5, 5.41) is 6.66. The standard InChI is InChI=1S/C18H22N6O3S/c19-5-1-6-21-18-23-14-4-7-20-17(25)15(14)16(24-18)22-13-3-2-11-9-28(26,27)10-12(11)8-13/h2-4,7-8,26-27H,1,5-6,9-10,19H2,(H,20,25)(H2,21,22,23,24). The number of hydrogen-bond donors (Lipinski definition) is 6. The molecule has 1 aliphatic rings. The summed E-state index contributed by atoms with van der Waals surface area (Å²) in [5.41, 5.74) is 8.29. The van der Waals surface area contributed by atoms with Gasteiger partial charge >= 0.3 is 0 Å². The third-order valence-electron chi connectivity index (χ3n) is 4.53. The fourth-order valence-corrected chi connectivity index (χ4v) is 4.88. The van der Waals surface area contributed by atoms with Crippen molar-refractivity contribution in [2.45, 2.75) is 17.9 Å². The first kappa shape index (κ1) is 18.7. The molecule has 3 heterocycles. The molecule has 28 heavy (non-hydrogen) atoms. The van der Waals surface area contributed by atoms with Gasteiger partial charge in [-0.25, -0.2) is 4.98 Å². The number of anilines is 3. The van der Waals surface area contributed by atoms with Crippen LogP contribution in [0, 0.1) is 0 Å². The molecule has 148 valence electrons. The monoisotopic (exact) mass is 402 g/mol. The smallest absolute Gasteiger partial charge is 0.261 e. The van der Waals surface area contributed by atoms with Gasteiger partial charge < -0.3 is 21.4 Å². The number of benzene rings is 1. The van der Waals surface area contributed by atoms with Gasteiger partial charge in [0.05, 0.1) is 17.0 Å². The zero-order valence-corrected chi connectivity index (χ0v) is 15.9. The van der Waals surface area contributed by atoms with E-state index < -0.39 is 10.6 Å². The fraction of sp³-hybridized carbons (Fsp3) is 0.278. The molecule has 0 atom stereocenters. The third kappa shape index (κ3) is 3.80. The van der Waals surface area contributed by atoms with Crippen LogP contribution in [0.3, 0.4) is 0 Å². The van der Waals surface area contributed by atoms with Crippen LogP contribution in [0.15, 0.2) is 35.3 Å². The molecule has 9 nitrogen and oxygen atoms in total. The minimum atomic E-state index is -2.58. The zero-order chi connectivity index (χ0) is 19.7. The first-order valence-electron chi connectivity index (χ1n) is 8.91. The average Bonchev–Trinajstić information content (AvgIpc) is 2.95. The van der Waals surface area contributed by atoms with Crippen molar-refractivity contribution in [2.24, 2.45) is 5.73 Å². The molecule has 0 aliphatic carbocycles. The Balaban J connectivity index is 1.71. The van der Waals surface area contributed by atoms with Crippen LogP contribution in [0.4, 0.5) is 17.5 Å². The molecule has 0 fully saturated rings. The summed E-state index contributed by atoms with van der Waals surface area (Å²) in [7, 11) is -2.58. The molecule has 0 amide bonds. The molecule has 2 aromatic heterocycles. The second-order valence-electron chi connectivity index (χ2n) is 6.73. The zero-order valence-electron chi connectivity index (χ0n) is 15.1. The molecule has 7 N–H and O–H groups in total. The van der Waals surface area contributed by atoms with Gasteiger partial charge in [0.25, 0.3) is 5.56 Å². The third-order valence-corrected chi connectivity index (χ3v) is 6.07. The lowest BCUT2D eigenvalue weighted by atomic mass is 10.1. The molecule has 1 aliphatic heterocycles. The lowest BCUT2D eigenvalue weighted by molar-refractivity contribution is 0.489. The number of rotatable bonds is 6. The van der Waals surface area contributed by atoms with E-state index >= 15 is 0 Å². The Hall–Kier alpha value is -2.66. The van der Waals surface area contributed by atoms with Crippen molar-refractivity contribution in [1.29, 1.82) is 0 Å². The van der Waals surface area contributed by atoms with Crippen LogP contribution < -0.4 is 21.9 Å². The number of nitrogens with zero attached hydrogens (tertiary/aromatic N) is 2. The Kier molecular flexibility index (Phi) is 4.94. The highest BCUT2D eigenvalue weighted by molar-refractivity contribution is 8.23. The Labute approximate surface area is 162 Å². The van der Waals surface area contributed by atoms with Gasteiger partial charge in [-0.3, -0.25) is 13.9 Å². The summed E-state index contributed by atoms with van der Waals surface area (Å²) in [6.07, 6.45) is 2.32. The molecule has 4 rings (SSSR count). The number of aromatic nitrogens is 3. The van der Waals surface area contributed by atoms with Gasteiger partial charge in [-0.2, -0.15) is 15.6 Å². The first-order valence-corrected chi connectivity index (χ1v) is 10.8. The predicted molar refractivity (Wildman–Crippen MR) is 112 cm³/mol. The molecule has 0 bridgehead atoms. The summed E-state index contributed by atoms with van der Waals surface area (Å²) in [6, 6.07) is 7.29. The topological polar surface area (TPSA) is 149 Å². The largest absolute Gasteiger partial charge is 0.354 e. The summed E-state index contributed by atoms with van der Waals surface area (Å²) in [5.74, 6) is 1.32. The summed E-state index contributed by atoms with van der Waals surface area (Å²) in [6.45, 7) is 1.18. The molecule has 0 spiro atoms. The van der Waals surface area contributed by atoms with Crippen LogP contribution in [0.5, 0.6) is 0 Å². The predicted octanol–water partition coefficient (Wildman–Crippen LogP) is 2.59. The van der Waals surface area contributed by atoms with Crippen LogP contribution in [-0.2, 0) is 11.5 Å². The minimum absolute atomic E-state index is 0.245. The summed E-state index contributed by atoms with van der Waals surface area (Å²) >= 11 is 0. The van der Waals surface area contributed by atoms with Gasteiger partial charge in [-0.1, -0.05) is 6.07 Å². The summed E-state index contributed by atoms with van der Waals surface area (Å²) < 4.78 is 19.9. The molecule has 0 saturated carbocycles. The normalized spacial score (nSPS) is 16.0. The summed E-state index contributed by atoms with van der Waals surface area (Å²) in [4.78, 5) is 23.9. The highest BCUT2D eigenvalue weighted by Crippen LogP contribution is 2.52. The van der Waals surface area contributed by atoms with Crippen molar-refractivity contribution in [3.63, 3.8) is 0 Å². The fourth-order valence-electron chi connectivity index (χ4n) is 3.23. The minimum Gasteiger partial charge on any atom is -0.354 e. The first-order chi connectivity index (χ1) is 13.4. The SMILES string of the molecule is NCCCNc1nc(Nc2ccc3c(c2)CS(O)(O)C3)c2c(=O)[nH]ccc2n1. The van der Waals surface area contributed by atoms with Crippen LogP contribution in [0.1, 0.15) is 17.5 Å². The maximum absolute atomic E-state index is 12.4. The quantitative estimate of drug-likeness (QED) is 0.345.